The molecule has 0 spiro atoms. The monoisotopic (exact) mass is 542 g/mol. The van der Waals surface area contributed by atoms with Crippen LogP contribution < -0.4 is 5.32 Å². The Morgan fingerprint density at radius 3 is 2.58 bits per heavy atom. The van der Waals surface area contributed by atoms with Crippen LogP contribution in [0.1, 0.15) is 67.9 Å². The summed E-state index contributed by atoms with van der Waals surface area (Å²) in [6.07, 6.45) is 4.67. The number of carbonyl (C=O) groups excluding carboxylic acids is 2. The van der Waals surface area contributed by atoms with Gasteiger partial charge in [0, 0.05) is 38.8 Å². The lowest BCUT2D eigenvalue weighted by molar-refractivity contribution is 0.0895. The van der Waals surface area contributed by atoms with Crippen LogP contribution in [0.5, 0.6) is 0 Å². The standard InChI is InChI=1S/C29H34N8O3/c1-17(31-25(38)26-32-27(35-40-26)29(2,3)4)18-9-11-19(12-10-18)21-13-14-30-24-22(21)23(33-34-24)20-8-7-15-37(16-20)28(39)36(5)6/h8-14,17H,7,15-16H2,1-6H3,(H,31,38)(H,30,33,34)/t17-/m1/s1. The summed E-state index contributed by atoms with van der Waals surface area (Å²) in [5.74, 6) is 0.0156. The first-order valence-corrected chi connectivity index (χ1v) is 13.3. The SMILES string of the molecule is C[C@@H](NC(=O)c1nc(C(C)(C)C)no1)c1ccc(-c2ccnc3n[nH]c(C4=CCCN(C(=O)N(C)C)C4)c23)cc1. The fraction of sp³-hybridized carbons (Fsp3) is 0.379. The third kappa shape index (κ3) is 5.31. The highest BCUT2D eigenvalue weighted by Crippen LogP contribution is 2.34. The molecule has 1 aliphatic rings. The van der Waals surface area contributed by atoms with E-state index in [1.165, 1.54) is 0 Å². The molecule has 40 heavy (non-hydrogen) atoms. The molecule has 0 aliphatic carbocycles. The summed E-state index contributed by atoms with van der Waals surface area (Å²) in [6, 6.07) is 9.68. The fourth-order valence-corrected chi connectivity index (χ4v) is 4.70. The number of nitrogens with one attached hydrogen (secondary N) is 2. The first kappa shape index (κ1) is 27.0. The van der Waals surface area contributed by atoms with E-state index in [9.17, 15) is 9.59 Å². The van der Waals surface area contributed by atoms with Gasteiger partial charge >= 0.3 is 17.8 Å². The molecule has 208 valence electrons. The van der Waals surface area contributed by atoms with Gasteiger partial charge in [-0.1, -0.05) is 56.3 Å². The lowest BCUT2D eigenvalue weighted by Gasteiger charge is -2.29. The van der Waals surface area contributed by atoms with Crippen molar-refractivity contribution in [2.45, 2.75) is 45.6 Å². The first-order valence-electron chi connectivity index (χ1n) is 13.3. The second-order valence-electron chi connectivity index (χ2n) is 11.3. The van der Waals surface area contributed by atoms with Crippen LogP contribution in [0.2, 0.25) is 0 Å². The first-order chi connectivity index (χ1) is 19.0. The van der Waals surface area contributed by atoms with Crippen molar-refractivity contribution in [1.29, 1.82) is 0 Å². The van der Waals surface area contributed by atoms with Crippen LogP contribution in [-0.4, -0.2) is 74.2 Å². The average Bonchev–Trinajstić information content (AvgIpc) is 3.61. The Morgan fingerprint density at radius 2 is 1.90 bits per heavy atom. The molecule has 4 heterocycles. The summed E-state index contributed by atoms with van der Waals surface area (Å²) in [6.45, 7) is 8.95. The number of rotatable bonds is 5. The molecule has 3 aromatic heterocycles. The number of nitrogens with zero attached hydrogens (tertiary/aromatic N) is 6. The molecule has 0 radical (unpaired) electrons. The maximum absolute atomic E-state index is 12.7. The van der Waals surface area contributed by atoms with E-state index in [0.717, 1.165) is 39.8 Å². The lowest BCUT2D eigenvalue weighted by atomic mass is 9.96. The Balaban J connectivity index is 1.37. The van der Waals surface area contributed by atoms with Gasteiger partial charge in [0.05, 0.1) is 17.1 Å². The quantitative estimate of drug-likeness (QED) is 0.377. The Hall–Kier alpha value is -4.54. The highest BCUT2D eigenvalue weighted by Gasteiger charge is 2.26. The lowest BCUT2D eigenvalue weighted by Crippen LogP contribution is -2.42. The molecule has 11 heteroatoms. The largest absolute Gasteiger partial charge is 0.341 e. The molecular formula is C29H34N8O3. The van der Waals surface area contributed by atoms with Gasteiger partial charge in [0.15, 0.2) is 11.5 Å². The molecular weight excluding hydrogens is 508 g/mol. The summed E-state index contributed by atoms with van der Waals surface area (Å²) < 4.78 is 5.18. The van der Waals surface area contributed by atoms with Gasteiger partial charge in [-0.3, -0.25) is 9.89 Å². The van der Waals surface area contributed by atoms with Crippen LogP contribution in [0, 0.1) is 0 Å². The van der Waals surface area contributed by atoms with Gasteiger partial charge in [-0.05, 0) is 41.7 Å². The van der Waals surface area contributed by atoms with E-state index in [1.54, 1.807) is 25.2 Å². The molecule has 0 bridgehead atoms. The topological polar surface area (TPSA) is 133 Å². The van der Waals surface area contributed by atoms with Crippen molar-refractivity contribution < 1.29 is 14.1 Å². The summed E-state index contributed by atoms with van der Waals surface area (Å²) in [5.41, 5.74) is 5.08. The Labute approximate surface area is 232 Å². The van der Waals surface area contributed by atoms with Crippen molar-refractivity contribution in [2.24, 2.45) is 0 Å². The van der Waals surface area contributed by atoms with Crippen molar-refractivity contribution in [2.75, 3.05) is 27.2 Å². The number of amides is 3. The molecule has 3 amide bonds. The number of aromatic nitrogens is 5. The fourth-order valence-electron chi connectivity index (χ4n) is 4.70. The number of urea groups is 1. The predicted molar refractivity (Wildman–Crippen MR) is 151 cm³/mol. The van der Waals surface area contributed by atoms with E-state index in [1.807, 2.05) is 62.9 Å². The van der Waals surface area contributed by atoms with Crippen molar-refractivity contribution >= 4 is 28.5 Å². The van der Waals surface area contributed by atoms with E-state index in [2.05, 4.69) is 36.7 Å². The van der Waals surface area contributed by atoms with Crippen LogP contribution >= 0.6 is 0 Å². The van der Waals surface area contributed by atoms with Gasteiger partial charge in [0.1, 0.15) is 0 Å². The summed E-state index contributed by atoms with van der Waals surface area (Å²) in [5, 5.41) is 15.4. The van der Waals surface area contributed by atoms with E-state index < -0.39 is 5.91 Å². The summed E-state index contributed by atoms with van der Waals surface area (Å²) in [7, 11) is 3.52. The maximum atomic E-state index is 12.7. The van der Waals surface area contributed by atoms with E-state index in [0.29, 0.717) is 24.6 Å². The number of benzene rings is 1. The highest BCUT2D eigenvalue weighted by atomic mass is 16.5. The molecule has 4 aromatic rings. The van der Waals surface area contributed by atoms with Gasteiger partial charge in [-0.25, -0.2) is 9.78 Å². The smallest absolute Gasteiger partial charge is 0.319 e. The third-order valence-corrected chi connectivity index (χ3v) is 6.94. The number of hydrogen-bond acceptors (Lipinski definition) is 7. The van der Waals surface area contributed by atoms with Crippen molar-refractivity contribution in [3.05, 3.63) is 65.6 Å². The number of pyridine rings is 1. The van der Waals surface area contributed by atoms with Crippen LogP contribution in [0.25, 0.3) is 27.7 Å². The molecule has 0 unspecified atom stereocenters. The minimum Gasteiger partial charge on any atom is -0.341 e. The van der Waals surface area contributed by atoms with Crippen LogP contribution in [-0.2, 0) is 5.41 Å². The molecule has 0 fully saturated rings. The number of hydrogen-bond donors (Lipinski definition) is 2. The van der Waals surface area contributed by atoms with E-state index in [4.69, 9.17) is 4.52 Å². The molecule has 1 aliphatic heterocycles. The number of aromatic amines is 1. The van der Waals surface area contributed by atoms with Crippen LogP contribution in [0.15, 0.2) is 47.1 Å². The number of fused-ring (bicyclic) bond motifs is 1. The Morgan fingerprint density at radius 1 is 1.15 bits per heavy atom. The predicted octanol–water partition coefficient (Wildman–Crippen LogP) is 4.57. The molecule has 1 atom stereocenters. The van der Waals surface area contributed by atoms with Crippen LogP contribution in [0.4, 0.5) is 4.79 Å². The maximum Gasteiger partial charge on any atom is 0.319 e. The summed E-state index contributed by atoms with van der Waals surface area (Å²) >= 11 is 0. The summed E-state index contributed by atoms with van der Waals surface area (Å²) in [4.78, 5) is 37.4. The zero-order valence-electron chi connectivity index (χ0n) is 23.6. The normalized spacial score (nSPS) is 14.7. The van der Waals surface area contributed by atoms with Gasteiger partial charge < -0.3 is 19.6 Å². The van der Waals surface area contributed by atoms with E-state index in [-0.39, 0.29) is 23.4 Å². The van der Waals surface area contributed by atoms with Crippen molar-refractivity contribution in [1.82, 2.24) is 40.4 Å². The molecule has 1 aromatic carbocycles. The zero-order chi connectivity index (χ0) is 28.6. The molecule has 2 N–H and O–H groups in total. The number of H-pyrrole nitrogens is 1. The van der Waals surface area contributed by atoms with E-state index >= 15 is 0 Å². The second-order valence-corrected chi connectivity index (χ2v) is 11.3. The van der Waals surface area contributed by atoms with Crippen molar-refractivity contribution in [3.8, 4) is 11.1 Å². The Bertz CT molecular complexity index is 1580. The molecule has 0 saturated carbocycles. The number of carbonyl (C=O) groups is 2. The third-order valence-electron chi connectivity index (χ3n) is 6.94. The van der Waals surface area contributed by atoms with Gasteiger partial charge in [-0.2, -0.15) is 10.1 Å². The molecule has 5 rings (SSSR count). The van der Waals surface area contributed by atoms with Crippen molar-refractivity contribution in [3.63, 3.8) is 0 Å². The average molecular weight is 543 g/mol. The highest BCUT2D eigenvalue weighted by molar-refractivity contribution is 6.00. The molecule has 0 saturated heterocycles. The minimum atomic E-state index is -0.416. The van der Waals surface area contributed by atoms with Gasteiger partial charge in [-0.15, -0.1) is 0 Å². The minimum absolute atomic E-state index is 0.0155. The Kier molecular flexibility index (Phi) is 7.14. The van der Waals surface area contributed by atoms with Gasteiger partial charge in [0.25, 0.3) is 0 Å². The van der Waals surface area contributed by atoms with Gasteiger partial charge in [0.2, 0.25) is 0 Å². The molecule has 11 nitrogen and oxygen atoms in total. The zero-order valence-corrected chi connectivity index (χ0v) is 23.6. The van der Waals surface area contributed by atoms with Crippen LogP contribution in [0.3, 0.4) is 0 Å². The second kappa shape index (κ2) is 10.6.